The lowest BCUT2D eigenvalue weighted by Crippen LogP contribution is -2.10. The van der Waals surface area contributed by atoms with Gasteiger partial charge >= 0.3 is 0 Å². The molecule has 1 aromatic rings. The second-order valence-corrected chi connectivity index (χ2v) is 4.08. The molecule has 4 nitrogen and oxygen atoms in total. The second kappa shape index (κ2) is 4.94. The predicted molar refractivity (Wildman–Crippen MR) is 63.4 cm³/mol. The molecule has 92 valence electrons. The SMILES string of the molecule is COc1cc(Cl)c2c(c1OC)C(=O)COCC2. The summed E-state index contributed by atoms with van der Waals surface area (Å²) in [4.78, 5) is 12.0. The predicted octanol–water partition coefficient (Wildman–Crippen LogP) is 2.11. The highest BCUT2D eigenvalue weighted by molar-refractivity contribution is 6.32. The fraction of sp³-hybridized carbons (Fsp3) is 0.417. The molecule has 0 unspecified atom stereocenters. The fourth-order valence-corrected chi connectivity index (χ4v) is 2.24. The monoisotopic (exact) mass is 256 g/mol. The van der Waals surface area contributed by atoms with Crippen LogP contribution in [0.25, 0.3) is 0 Å². The van der Waals surface area contributed by atoms with Gasteiger partial charge in [0.25, 0.3) is 0 Å². The van der Waals surface area contributed by atoms with E-state index in [1.165, 1.54) is 14.2 Å². The molecule has 1 aromatic carbocycles. The maximum atomic E-state index is 12.0. The van der Waals surface area contributed by atoms with Gasteiger partial charge in [0.1, 0.15) is 6.61 Å². The summed E-state index contributed by atoms with van der Waals surface area (Å²) in [6, 6.07) is 1.66. The Hall–Kier alpha value is -1.26. The molecule has 0 amide bonds. The maximum Gasteiger partial charge on any atom is 0.192 e. The van der Waals surface area contributed by atoms with Gasteiger partial charge in [-0.05, 0) is 12.0 Å². The molecule has 2 rings (SSSR count). The van der Waals surface area contributed by atoms with Crippen molar-refractivity contribution in [3.8, 4) is 11.5 Å². The molecule has 1 heterocycles. The first kappa shape index (κ1) is 12.2. The molecule has 0 atom stereocenters. The average Bonchev–Trinajstić information content (AvgIpc) is 2.52. The summed E-state index contributed by atoms with van der Waals surface area (Å²) in [5.74, 6) is 0.768. The maximum absolute atomic E-state index is 12.0. The van der Waals surface area contributed by atoms with E-state index >= 15 is 0 Å². The van der Waals surface area contributed by atoms with E-state index in [0.29, 0.717) is 35.1 Å². The smallest absolute Gasteiger partial charge is 0.192 e. The number of hydrogen-bond acceptors (Lipinski definition) is 4. The highest BCUT2D eigenvalue weighted by atomic mass is 35.5. The Bertz CT molecular complexity index is 456. The van der Waals surface area contributed by atoms with Gasteiger partial charge in [-0.3, -0.25) is 4.79 Å². The molecule has 0 fully saturated rings. The summed E-state index contributed by atoms with van der Waals surface area (Å²) in [6.45, 7) is 0.529. The molecule has 0 saturated heterocycles. The van der Waals surface area contributed by atoms with Crippen molar-refractivity contribution >= 4 is 17.4 Å². The van der Waals surface area contributed by atoms with Crippen LogP contribution in [0.15, 0.2) is 6.07 Å². The molecular formula is C12H13ClO4. The van der Waals surface area contributed by atoms with Crippen LogP contribution in [0.2, 0.25) is 5.02 Å². The van der Waals surface area contributed by atoms with Crippen molar-refractivity contribution in [3.63, 3.8) is 0 Å². The minimum absolute atomic E-state index is 0.0485. The topological polar surface area (TPSA) is 44.8 Å². The lowest BCUT2D eigenvalue weighted by Gasteiger charge is -2.15. The lowest BCUT2D eigenvalue weighted by atomic mass is 10.00. The van der Waals surface area contributed by atoms with Gasteiger partial charge in [0.05, 0.1) is 26.4 Å². The molecule has 0 bridgehead atoms. The van der Waals surface area contributed by atoms with Crippen LogP contribution < -0.4 is 9.47 Å². The number of halogens is 1. The molecule has 0 aromatic heterocycles. The Morgan fingerprint density at radius 3 is 2.76 bits per heavy atom. The van der Waals surface area contributed by atoms with E-state index in [1.54, 1.807) is 6.07 Å². The average molecular weight is 257 g/mol. The van der Waals surface area contributed by atoms with Crippen LogP contribution in [0.1, 0.15) is 15.9 Å². The zero-order valence-electron chi connectivity index (χ0n) is 9.71. The number of ether oxygens (including phenoxy) is 3. The minimum Gasteiger partial charge on any atom is -0.493 e. The molecule has 0 N–H and O–H groups in total. The van der Waals surface area contributed by atoms with Crippen molar-refractivity contribution in [2.24, 2.45) is 0 Å². The van der Waals surface area contributed by atoms with Crippen molar-refractivity contribution in [2.75, 3.05) is 27.4 Å². The zero-order valence-corrected chi connectivity index (χ0v) is 10.5. The number of benzene rings is 1. The number of rotatable bonds is 2. The number of fused-ring (bicyclic) bond motifs is 1. The van der Waals surface area contributed by atoms with Crippen LogP contribution in [0.4, 0.5) is 0 Å². The van der Waals surface area contributed by atoms with Gasteiger partial charge in [-0.2, -0.15) is 0 Å². The van der Waals surface area contributed by atoms with E-state index < -0.39 is 0 Å². The number of hydrogen-bond donors (Lipinski definition) is 0. The van der Waals surface area contributed by atoms with Crippen molar-refractivity contribution in [1.82, 2.24) is 0 Å². The normalized spacial score (nSPS) is 15.1. The van der Waals surface area contributed by atoms with Crippen LogP contribution >= 0.6 is 11.6 Å². The molecule has 5 heteroatoms. The quantitative estimate of drug-likeness (QED) is 0.813. The first-order chi connectivity index (χ1) is 8.19. The Kier molecular flexibility index (Phi) is 3.54. The molecule has 0 saturated carbocycles. The van der Waals surface area contributed by atoms with Gasteiger partial charge in [0.2, 0.25) is 0 Å². The molecule has 1 aliphatic rings. The first-order valence-corrected chi connectivity index (χ1v) is 5.61. The van der Waals surface area contributed by atoms with Crippen molar-refractivity contribution in [3.05, 3.63) is 22.2 Å². The third kappa shape index (κ3) is 2.10. The second-order valence-electron chi connectivity index (χ2n) is 3.67. The van der Waals surface area contributed by atoms with Crippen LogP contribution in [0, 0.1) is 0 Å². The van der Waals surface area contributed by atoms with Crippen LogP contribution in [-0.4, -0.2) is 33.2 Å². The largest absolute Gasteiger partial charge is 0.493 e. The van der Waals surface area contributed by atoms with Gasteiger partial charge in [0.15, 0.2) is 17.3 Å². The number of carbonyl (C=O) groups is 1. The summed E-state index contributed by atoms with van der Waals surface area (Å²) in [6.07, 6.45) is 0.597. The Labute approximate surface area is 104 Å². The lowest BCUT2D eigenvalue weighted by molar-refractivity contribution is 0.0786. The minimum atomic E-state index is -0.129. The van der Waals surface area contributed by atoms with Crippen LogP contribution in [0.5, 0.6) is 11.5 Å². The van der Waals surface area contributed by atoms with Crippen molar-refractivity contribution in [1.29, 1.82) is 0 Å². The summed E-state index contributed by atoms with van der Waals surface area (Å²) in [5, 5.41) is 0.511. The van der Waals surface area contributed by atoms with Crippen LogP contribution in [-0.2, 0) is 11.2 Å². The van der Waals surface area contributed by atoms with Crippen molar-refractivity contribution in [2.45, 2.75) is 6.42 Å². The van der Waals surface area contributed by atoms with E-state index in [9.17, 15) is 4.79 Å². The van der Waals surface area contributed by atoms with Gasteiger partial charge in [-0.1, -0.05) is 11.6 Å². The molecule has 0 radical (unpaired) electrons. The summed E-state index contributed by atoms with van der Waals surface area (Å²) < 4.78 is 15.6. The number of Topliss-reactive ketones (excluding diaryl/α,β-unsaturated/α-hetero) is 1. The van der Waals surface area contributed by atoms with Crippen LogP contribution in [0.3, 0.4) is 0 Å². The van der Waals surface area contributed by atoms with Crippen molar-refractivity contribution < 1.29 is 19.0 Å². The summed E-state index contributed by atoms with van der Waals surface area (Å²) >= 11 is 6.15. The summed E-state index contributed by atoms with van der Waals surface area (Å²) in [5.41, 5.74) is 1.25. The first-order valence-electron chi connectivity index (χ1n) is 5.23. The Morgan fingerprint density at radius 1 is 1.35 bits per heavy atom. The Morgan fingerprint density at radius 2 is 2.12 bits per heavy atom. The number of ketones is 1. The highest BCUT2D eigenvalue weighted by Crippen LogP contribution is 2.39. The molecule has 17 heavy (non-hydrogen) atoms. The Balaban J connectivity index is 2.69. The third-order valence-electron chi connectivity index (χ3n) is 2.73. The third-order valence-corrected chi connectivity index (χ3v) is 3.07. The van der Waals surface area contributed by atoms with E-state index in [2.05, 4.69) is 0 Å². The number of methoxy groups -OCH3 is 2. The fourth-order valence-electron chi connectivity index (χ4n) is 1.95. The van der Waals surface area contributed by atoms with E-state index in [1.807, 2.05) is 0 Å². The molecule has 0 spiro atoms. The van der Waals surface area contributed by atoms with E-state index in [-0.39, 0.29) is 12.4 Å². The highest BCUT2D eigenvalue weighted by Gasteiger charge is 2.26. The number of carbonyl (C=O) groups excluding carboxylic acids is 1. The standard InChI is InChI=1S/C12H13ClO4/c1-15-10-5-8(13)7-3-4-17-6-9(14)11(7)12(10)16-2/h5H,3-4,6H2,1-2H3. The molecular weight excluding hydrogens is 244 g/mol. The molecule has 0 aliphatic carbocycles. The van der Waals surface area contributed by atoms with Gasteiger partial charge in [0, 0.05) is 11.1 Å². The van der Waals surface area contributed by atoms with E-state index in [0.717, 1.165) is 5.56 Å². The van der Waals surface area contributed by atoms with Gasteiger partial charge in [-0.15, -0.1) is 0 Å². The summed E-state index contributed by atoms with van der Waals surface area (Å²) in [7, 11) is 3.02. The van der Waals surface area contributed by atoms with Gasteiger partial charge in [-0.25, -0.2) is 0 Å². The van der Waals surface area contributed by atoms with E-state index in [4.69, 9.17) is 25.8 Å². The molecule has 1 aliphatic heterocycles. The zero-order chi connectivity index (χ0) is 12.4. The van der Waals surface area contributed by atoms with Gasteiger partial charge < -0.3 is 14.2 Å².